The Labute approximate surface area is 196 Å². The van der Waals surface area contributed by atoms with E-state index in [1.807, 2.05) is 6.07 Å². The number of benzene rings is 3. The van der Waals surface area contributed by atoms with Gasteiger partial charge in [0.15, 0.2) is 0 Å². The van der Waals surface area contributed by atoms with E-state index in [0.29, 0.717) is 16.5 Å². The smallest absolute Gasteiger partial charge is 0.322 e. The van der Waals surface area contributed by atoms with Gasteiger partial charge in [-0.2, -0.15) is 4.31 Å². The first kappa shape index (κ1) is 22.8. The zero-order chi connectivity index (χ0) is 23.4. The molecule has 1 saturated heterocycles. The van der Waals surface area contributed by atoms with E-state index in [9.17, 15) is 18.0 Å². The Morgan fingerprint density at radius 3 is 2.06 bits per heavy atom. The largest absolute Gasteiger partial charge is 0.457 e. The van der Waals surface area contributed by atoms with Crippen LogP contribution in [0.2, 0.25) is 5.02 Å². The first-order valence-corrected chi connectivity index (χ1v) is 11.8. The fourth-order valence-corrected chi connectivity index (χ4v) is 4.86. The van der Waals surface area contributed by atoms with Gasteiger partial charge >= 0.3 is 6.03 Å². The number of carbonyl (C=O) groups is 2. The average Bonchev–Trinajstić information content (AvgIpc) is 3.12. The van der Waals surface area contributed by atoms with Crippen LogP contribution in [0.25, 0.3) is 0 Å². The Morgan fingerprint density at radius 1 is 0.879 bits per heavy atom. The van der Waals surface area contributed by atoms with Crippen LogP contribution >= 0.6 is 11.6 Å². The molecule has 2 N–H and O–H groups in total. The van der Waals surface area contributed by atoms with Crippen molar-refractivity contribution in [2.24, 2.45) is 0 Å². The number of hydrogen-bond acceptors (Lipinski definition) is 5. The average molecular weight is 486 g/mol. The van der Waals surface area contributed by atoms with Crippen LogP contribution in [0.4, 0.5) is 4.79 Å². The van der Waals surface area contributed by atoms with Gasteiger partial charge < -0.3 is 10.1 Å². The van der Waals surface area contributed by atoms with E-state index in [1.165, 1.54) is 16.4 Å². The summed E-state index contributed by atoms with van der Waals surface area (Å²) < 4.78 is 33.8. The van der Waals surface area contributed by atoms with E-state index in [4.69, 9.17) is 16.3 Å². The molecule has 4 rings (SSSR count). The van der Waals surface area contributed by atoms with Gasteiger partial charge in [0.25, 0.3) is 5.91 Å². The highest BCUT2D eigenvalue weighted by atomic mass is 35.5. The van der Waals surface area contributed by atoms with Crippen LogP contribution in [0.3, 0.4) is 0 Å². The molecule has 1 aliphatic rings. The van der Waals surface area contributed by atoms with Crippen molar-refractivity contribution in [2.45, 2.75) is 17.5 Å². The molecule has 1 fully saturated rings. The Kier molecular flexibility index (Phi) is 6.64. The van der Waals surface area contributed by atoms with Gasteiger partial charge in [-0.1, -0.05) is 41.9 Å². The Hall–Kier alpha value is -3.40. The molecule has 0 radical (unpaired) electrons. The number of sulfonamides is 1. The van der Waals surface area contributed by atoms with Crippen LogP contribution in [0, 0.1) is 0 Å². The third-order valence-electron chi connectivity index (χ3n) is 4.96. The molecule has 0 aromatic heterocycles. The van der Waals surface area contributed by atoms with Gasteiger partial charge in [0.05, 0.1) is 4.90 Å². The van der Waals surface area contributed by atoms with Crippen molar-refractivity contribution in [1.29, 1.82) is 0 Å². The summed E-state index contributed by atoms with van der Waals surface area (Å²) >= 11 is 5.88. The van der Waals surface area contributed by atoms with Crippen LogP contribution in [0.1, 0.15) is 5.56 Å². The minimum absolute atomic E-state index is 0.0336. The van der Waals surface area contributed by atoms with Crippen LogP contribution < -0.4 is 15.4 Å². The predicted octanol–water partition coefficient (Wildman–Crippen LogP) is 3.53. The molecule has 1 atom stereocenters. The Balaban J connectivity index is 1.57. The monoisotopic (exact) mass is 485 g/mol. The highest BCUT2D eigenvalue weighted by Crippen LogP contribution is 2.26. The number of nitrogens with one attached hydrogen (secondary N) is 2. The van der Waals surface area contributed by atoms with Gasteiger partial charge in [0, 0.05) is 18.1 Å². The highest BCUT2D eigenvalue weighted by Gasteiger charge is 2.35. The number of nitrogens with zero attached hydrogens (tertiary/aromatic N) is 1. The minimum atomic E-state index is -3.99. The number of amides is 3. The first-order chi connectivity index (χ1) is 15.8. The number of urea groups is 1. The number of ether oxygens (including phenoxy) is 1. The maximum Gasteiger partial charge on any atom is 0.322 e. The fourth-order valence-electron chi connectivity index (χ4n) is 3.29. The van der Waals surface area contributed by atoms with Crippen LogP contribution in [-0.4, -0.2) is 37.2 Å². The van der Waals surface area contributed by atoms with Gasteiger partial charge in [0.1, 0.15) is 17.5 Å². The molecule has 3 aromatic carbocycles. The second-order valence-corrected chi connectivity index (χ2v) is 9.70. The van der Waals surface area contributed by atoms with Gasteiger partial charge in [-0.15, -0.1) is 0 Å². The fraction of sp³-hybridized carbons (Fsp3) is 0.130. The van der Waals surface area contributed by atoms with Crippen LogP contribution in [0.15, 0.2) is 83.8 Å². The molecule has 8 nitrogen and oxygen atoms in total. The maximum atomic E-state index is 13.4. The van der Waals surface area contributed by atoms with Crippen molar-refractivity contribution in [3.63, 3.8) is 0 Å². The summed E-state index contributed by atoms with van der Waals surface area (Å²) in [5, 5.41) is 5.15. The number of halogens is 1. The zero-order valence-electron chi connectivity index (χ0n) is 17.3. The van der Waals surface area contributed by atoms with Gasteiger partial charge in [-0.05, 0) is 54.1 Å². The Morgan fingerprint density at radius 2 is 1.48 bits per heavy atom. The summed E-state index contributed by atoms with van der Waals surface area (Å²) in [6.45, 7) is -0.177. The zero-order valence-corrected chi connectivity index (χ0v) is 18.8. The topological polar surface area (TPSA) is 105 Å². The van der Waals surface area contributed by atoms with E-state index in [1.54, 1.807) is 60.7 Å². The van der Waals surface area contributed by atoms with Crippen molar-refractivity contribution in [2.75, 3.05) is 6.54 Å². The lowest BCUT2D eigenvalue weighted by atomic mass is 10.2. The standard InChI is InChI=1S/C23H20ClN3O5S/c24-17-6-8-18(9-7-17)32-19-10-12-20(13-11-19)33(30,31)27(14-16-4-2-1-3-5-16)15-21-22(28)26-23(29)25-21/h1-13,21H,14-15H2,(H2,25,26,28,29). The maximum absolute atomic E-state index is 13.4. The molecule has 33 heavy (non-hydrogen) atoms. The number of imide groups is 1. The first-order valence-electron chi connectivity index (χ1n) is 10.0. The molecular weight excluding hydrogens is 466 g/mol. The predicted molar refractivity (Wildman–Crippen MR) is 122 cm³/mol. The van der Waals surface area contributed by atoms with Crippen molar-refractivity contribution in [1.82, 2.24) is 14.9 Å². The molecule has 10 heteroatoms. The highest BCUT2D eigenvalue weighted by molar-refractivity contribution is 7.89. The molecule has 3 amide bonds. The number of carbonyl (C=O) groups excluding carboxylic acids is 2. The molecule has 3 aromatic rings. The van der Waals surface area contributed by atoms with E-state index in [0.717, 1.165) is 5.56 Å². The summed E-state index contributed by atoms with van der Waals surface area (Å²) in [6, 6.07) is 20.1. The molecule has 170 valence electrons. The lowest BCUT2D eigenvalue weighted by Crippen LogP contribution is -2.44. The molecular formula is C23H20ClN3O5S. The van der Waals surface area contributed by atoms with Crippen molar-refractivity contribution in [3.05, 3.63) is 89.4 Å². The van der Waals surface area contributed by atoms with Crippen LogP contribution in [-0.2, 0) is 21.4 Å². The van der Waals surface area contributed by atoms with E-state index in [2.05, 4.69) is 10.6 Å². The van der Waals surface area contributed by atoms with E-state index < -0.39 is 28.0 Å². The SMILES string of the molecule is O=C1NC(=O)C(CN(Cc2ccccc2)S(=O)(=O)c2ccc(Oc3ccc(Cl)cc3)cc2)N1. The molecule has 0 saturated carbocycles. The molecule has 0 spiro atoms. The molecule has 1 aliphatic heterocycles. The number of rotatable bonds is 8. The van der Waals surface area contributed by atoms with Gasteiger partial charge in [-0.3, -0.25) is 10.1 Å². The molecule has 0 bridgehead atoms. The van der Waals surface area contributed by atoms with Gasteiger partial charge in [0.2, 0.25) is 10.0 Å². The normalized spacial score (nSPS) is 15.9. The molecule has 1 heterocycles. The number of hydrogen-bond donors (Lipinski definition) is 2. The molecule has 0 aliphatic carbocycles. The van der Waals surface area contributed by atoms with E-state index >= 15 is 0 Å². The summed E-state index contributed by atoms with van der Waals surface area (Å²) in [6.07, 6.45) is 0. The quantitative estimate of drug-likeness (QED) is 0.475. The third kappa shape index (κ3) is 5.51. The van der Waals surface area contributed by atoms with Crippen molar-refractivity contribution < 1.29 is 22.7 Å². The second kappa shape index (κ2) is 9.62. The summed E-state index contributed by atoms with van der Waals surface area (Å²) in [7, 11) is -3.99. The lowest BCUT2D eigenvalue weighted by molar-refractivity contribution is -0.120. The van der Waals surface area contributed by atoms with Crippen molar-refractivity contribution >= 4 is 33.6 Å². The van der Waals surface area contributed by atoms with E-state index in [-0.39, 0.29) is 18.0 Å². The lowest BCUT2D eigenvalue weighted by Gasteiger charge is -2.24. The minimum Gasteiger partial charge on any atom is -0.457 e. The second-order valence-electron chi connectivity index (χ2n) is 7.33. The summed E-state index contributed by atoms with van der Waals surface area (Å²) in [4.78, 5) is 23.6. The summed E-state index contributed by atoms with van der Waals surface area (Å²) in [5.74, 6) is 0.442. The molecule has 1 unspecified atom stereocenters. The van der Waals surface area contributed by atoms with Gasteiger partial charge in [-0.25, -0.2) is 13.2 Å². The summed E-state index contributed by atoms with van der Waals surface area (Å²) in [5.41, 5.74) is 0.744. The van der Waals surface area contributed by atoms with Crippen molar-refractivity contribution in [3.8, 4) is 11.5 Å². The third-order valence-corrected chi connectivity index (χ3v) is 7.04. The Bertz CT molecular complexity index is 1250. The van der Waals surface area contributed by atoms with Crippen LogP contribution in [0.5, 0.6) is 11.5 Å².